The van der Waals surface area contributed by atoms with Gasteiger partial charge in [0.1, 0.15) is 11.5 Å². The van der Waals surface area contributed by atoms with Crippen LogP contribution in [0.5, 0.6) is 5.75 Å². The van der Waals surface area contributed by atoms with Crippen molar-refractivity contribution < 1.29 is 14.3 Å². The first-order chi connectivity index (χ1) is 11.8. The largest absolute Gasteiger partial charge is 0.494 e. The molecule has 2 aliphatic rings. The smallest absolute Gasteiger partial charge is 0.231 e. The fourth-order valence-corrected chi connectivity index (χ4v) is 4.58. The molecule has 25 heavy (non-hydrogen) atoms. The highest BCUT2D eigenvalue weighted by molar-refractivity contribution is 6.04. The molecular formula is C21H29NO3. The highest BCUT2D eigenvalue weighted by Crippen LogP contribution is 2.70. The highest BCUT2D eigenvalue weighted by Gasteiger charge is 2.72. The molecule has 2 atom stereocenters. The van der Waals surface area contributed by atoms with Crippen LogP contribution in [-0.4, -0.2) is 18.3 Å². The molecule has 2 fully saturated rings. The highest BCUT2D eigenvalue weighted by atomic mass is 16.5. The molecular weight excluding hydrogens is 314 g/mol. The van der Waals surface area contributed by atoms with Crippen molar-refractivity contribution >= 4 is 17.4 Å². The number of carbonyl (C=O) groups excluding carboxylic acids is 2. The molecule has 0 spiro atoms. The number of hydrogen-bond acceptors (Lipinski definition) is 3. The number of ketones is 1. The molecule has 1 amide bonds. The first-order valence-electron chi connectivity index (χ1n) is 9.34. The lowest BCUT2D eigenvalue weighted by Crippen LogP contribution is -2.43. The fraction of sp³-hybridized carbons (Fsp3) is 0.619. The number of Topliss-reactive ketones (excluding diaryl/α,β-unsaturated/α-hetero) is 1. The topological polar surface area (TPSA) is 55.4 Å². The van der Waals surface area contributed by atoms with E-state index in [0.29, 0.717) is 13.0 Å². The number of anilines is 1. The van der Waals surface area contributed by atoms with E-state index in [1.54, 1.807) is 0 Å². The predicted octanol–water partition coefficient (Wildman–Crippen LogP) is 4.59. The average Bonchev–Trinajstić information content (AvgIpc) is 2.87. The van der Waals surface area contributed by atoms with Crippen LogP contribution in [0.3, 0.4) is 0 Å². The molecule has 1 N–H and O–H groups in total. The predicted molar refractivity (Wildman–Crippen MR) is 98.7 cm³/mol. The van der Waals surface area contributed by atoms with E-state index in [-0.39, 0.29) is 22.5 Å². The lowest BCUT2D eigenvalue weighted by atomic mass is 9.64. The maximum absolute atomic E-state index is 13.1. The number of nitrogens with one attached hydrogen (secondary N) is 1. The van der Waals surface area contributed by atoms with Crippen molar-refractivity contribution in [3.05, 3.63) is 24.3 Å². The van der Waals surface area contributed by atoms with Crippen molar-refractivity contribution in [1.29, 1.82) is 0 Å². The molecule has 0 radical (unpaired) electrons. The SMILES string of the molecule is CCCCOc1ccc(NC(=O)[C@@]23CC[C@](C)(C(=O)C2)C3(C)C)cc1. The Labute approximate surface area is 150 Å². The van der Waals surface area contributed by atoms with Crippen LogP contribution in [0, 0.1) is 16.2 Å². The maximum Gasteiger partial charge on any atom is 0.231 e. The Morgan fingerprint density at radius 1 is 1.16 bits per heavy atom. The summed E-state index contributed by atoms with van der Waals surface area (Å²) in [5, 5.41) is 3.04. The molecule has 1 aromatic carbocycles. The summed E-state index contributed by atoms with van der Waals surface area (Å²) in [5.74, 6) is 1.03. The van der Waals surface area contributed by atoms with Gasteiger partial charge in [-0.05, 0) is 48.9 Å². The minimum absolute atomic E-state index is 0.0215. The fourth-order valence-electron chi connectivity index (χ4n) is 4.58. The van der Waals surface area contributed by atoms with Crippen molar-refractivity contribution in [3.8, 4) is 5.75 Å². The zero-order chi connectivity index (χ0) is 18.3. The van der Waals surface area contributed by atoms with Gasteiger partial charge in [0.25, 0.3) is 0 Å². The van der Waals surface area contributed by atoms with Crippen LogP contribution < -0.4 is 10.1 Å². The van der Waals surface area contributed by atoms with E-state index in [4.69, 9.17) is 4.74 Å². The molecule has 4 heteroatoms. The van der Waals surface area contributed by atoms with Crippen molar-refractivity contribution in [2.75, 3.05) is 11.9 Å². The number of fused-ring (bicyclic) bond motifs is 2. The molecule has 3 rings (SSSR count). The van der Waals surface area contributed by atoms with Crippen molar-refractivity contribution in [3.63, 3.8) is 0 Å². The van der Waals surface area contributed by atoms with Gasteiger partial charge in [0.15, 0.2) is 0 Å². The number of carbonyl (C=O) groups is 2. The molecule has 136 valence electrons. The number of hydrogen-bond donors (Lipinski definition) is 1. The molecule has 2 bridgehead atoms. The molecule has 0 saturated heterocycles. The minimum atomic E-state index is -0.588. The van der Waals surface area contributed by atoms with E-state index in [0.717, 1.165) is 37.1 Å². The lowest BCUT2D eigenvalue weighted by molar-refractivity contribution is -0.131. The molecule has 0 aliphatic heterocycles. The number of ether oxygens (including phenoxy) is 1. The Hall–Kier alpha value is -1.84. The zero-order valence-corrected chi connectivity index (χ0v) is 15.8. The standard InChI is InChI=1S/C21H29NO3/c1-5-6-13-25-16-9-7-15(8-10-16)22-18(24)21-12-11-20(4,17(23)14-21)19(21,2)3/h7-10H,5-6,11-14H2,1-4H3,(H,22,24)/t20-,21-/m1/s1. The van der Waals surface area contributed by atoms with Gasteiger partial charge in [0.05, 0.1) is 12.0 Å². The number of benzene rings is 1. The Morgan fingerprint density at radius 3 is 2.36 bits per heavy atom. The molecule has 0 heterocycles. The summed E-state index contributed by atoms with van der Waals surface area (Å²) in [7, 11) is 0. The second-order valence-electron chi connectivity index (χ2n) is 8.32. The van der Waals surface area contributed by atoms with Gasteiger partial charge in [-0.3, -0.25) is 9.59 Å². The summed E-state index contributed by atoms with van der Waals surface area (Å²) in [4.78, 5) is 25.6. The van der Waals surface area contributed by atoms with E-state index in [2.05, 4.69) is 26.1 Å². The first-order valence-corrected chi connectivity index (χ1v) is 9.34. The first kappa shape index (κ1) is 18.0. The number of rotatable bonds is 6. The van der Waals surface area contributed by atoms with Gasteiger partial charge in [-0.2, -0.15) is 0 Å². The third kappa shape index (κ3) is 2.57. The quantitative estimate of drug-likeness (QED) is 0.769. The third-order valence-electron chi connectivity index (χ3n) is 7.02. The zero-order valence-electron chi connectivity index (χ0n) is 15.8. The number of unbranched alkanes of at least 4 members (excludes halogenated alkanes) is 1. The van der Waals surface area contributed by atoms with Gasteiger partial charge in [-0.1, -0.05) is 34.1 Å². The van der Waals surface area contributed by atoms with E-state index in [1.807, 2.05) is 31.2 Å². The van der Waals surface area contributed by atoms with E-state index in [1.165, 1.54) is 0 Å². The van der Waals surface area contributed by atoms with Gasteiger partial charge in [0.2, 0.25) is 5.91 Å². The van der Waals surface area contributed by atoms with Crippen LogP contribution >= 0.6 is 0 Å². The lowest BCUT2D eigenvalue weighted by Gasteiger charge is -2.38. The van der Waals surface area contributed by atoms with Crippen LogP contribution in [-0.2, 0) is 9.59 Å². The summed E-state index contributed by atoms with van der Waals surface area (Å²) >= 11 is 0. The van der Waals surface area contributed by atoms with Crippen LogP contribution in [0.2, 0.25) is 0 Å². The summed E-state index contributed by atoms with van der Waals surface area (Å²) < 4.78 is 5.66. The second kappa shape index (κ2) is 6.15. The molecule has 1 aromatic rings. The minimum Gasteiger partial charge on any atom is -0.494 e. The van der Waals surface area contributed by atoms with Gasteiger partial charge >= 0.3 is 0 Å². The van der Waals surface area contributed by atoms with Crippen LogP contribution in [0.4, 0.5) is 5.69 Å². The van der Waals surface area contributed by atoms with Crippen LogP contribution in [0.1, 0.15) is 59.8 Å². The normalized spacial score (nSPS) is 29.7. The van der Waals surface area contributed by atoms with E-state index >= 15 is 0 Å². The molecule has 2 saturated carbocycles. The van der Waals surface area contributed by atoms with Gasteiger partial charge in [-0.15, -0.1) is 0 Å². The van der Waals surface area contributed by atoms with Gasteiger partial charge < -0.3 is 10.1 Å². The summed E-state index contributed by atoms with van der Waals surface area (Å²) in [5.41, 5.74) is -0.521. The van der Waals surface area contributed by atoms with Crippen molar-refractivity contribution in [2.45, 2.75) is 59.8 Å². The molecule has 4 nitrogen and oxygen atoms in total. The summed E-state index contributed by atoms with van der Waals surface area (Å²) in [6, 6.07) is 7.50. The van der Waals surface area contributed by atoms with Crippen LogP contribution in [0.25, 0.3) is 0 Å². The third-order valence-corrected chi connectivity index (χ3v) is 7.02. The summed E-state index contributed by atoms with van der Waals surface area (Å²) in [6.45, 7) is 9.02. The van der Waals surface area contributed by atoms with Gasteiger partial charge in [-0.25, -0.2) is 0 Å². The number of amides is 1. The second-order valence-corrected chi connectivity index (χ2v) is 8.32. The molecule has 0 aromatic heterocycles. The Kier molecular flexibility index (Phi) is 4.42. The monoisotopic (exact) mass is 343 g/mol. The Morgan fingerprint density at radius 2 is 1.84 bits per heavy atom. The maximum atomic E-state index is 13.1. The molecule has 2 aliphatic carbocycles. The van der Waals surface area contributed by atoms with Crippen molar-refractivity contribution in [2.24, 2.45) is 16.2 Å². The Balaban J connectivity index is 1.72. The van der Waals surface area contributed by atoms with Crippen molar-refractivity contribution in [1.82, 2.24) is 0 Å². The summed E-state index contributed by atoms with van der Waals surface area (Å²) in [6.07, 6.45) is 4.08. The van der Waals surface area contributed by atoms with Crippen LogP contribution in [0.15, 0.2) is 24.3 Å². The Bertz CT molecular complexity index is 679. The average molecular weight is 343 g/mol. The van der Waals surface area contributed by atoms with Gasteiger partial charge in [0, 0.05) is 17.5 Å². The van der Waals surface area contributed by atoms with E-state index in [9.17, 15) is 9.59 Å². The van der Waals surface area contributed by atoms with E-state index < -0.39 is 5.41 Å². The molecule has 0 unspecified atom stereocenters.